The first-order chi connectivity index (χ1) is 14.1. The summed E-state index contributed by atoms with van der Waals surface area (Å²) in [5.41, 5.74) is 0.713. The number of ether oxygens (including phenoxy) is 2. The van der Waals surface area contributed by atoms with E-state index in [1.165, 1.54) is 0 Å². The summed E-state index contributed by atoms with van der Waals surface area (Å²) >= 11 is 0. The van der Waals surface area contributed by atoms with Crippen molar-refractivity contribution >= 4 is 5.96 Å². The molecule has 2 heterocycles. The van der Waals surface area contributed by atoms with E-state index < -0.39 is 6.10 Å². The van der Waals surface area contributed by atoms with E-state index in [9.17, 15) is 5.11 Å². The standard InChI is InChI=1S/C20H30N6O3/c1-4-21-20(26-7-5-14(6-8-26)19-23-13-24-25-19)22-12-18(27)15-9-16(28-2)11-17(10-15)29-3/h9-11,13-14,18,27H,4-8,12H2,1-3H3,(H,21,22)(H,23,24,25). The molecule has 3 N–H and O–H groups in total. The average Bonchev–Trinajstić information content (AvgIpc) is 3.31. The summed E-state index contributed by atoms with van der Waals surface area (Å²) < 4.78 is 10.6. The zero-order chi connectivity index (χ0) is 20.6. The summed E-state index contributed by atoms with van der Waals surface area (Å²) in [4.78, 5) is 11.2. The van der Waals surface area contributed by atoms with E-state index in [2.05, 4.69) is 30.4 Å². The smallest absolute Gasteiger partial charge is 0.194 e. The fourth-order valence-electron chi connectivity index (χ4n) is 3.50. The molecule has 0 amide bonds. The molecule has 158 valence electrons. The molecule has 1 fully saturated rings. The van der Waals surface area contributed by atoms with Crippen LogP contribution in [0.1, 0.15) is 43.2 Å². The molecule has 0 spiro atoms. The van der Waals surface area contributed by atoms with E-state index in [4.69, 9.17) is 9.47 Å². The molecule has 1 aromatic heterocycles. The predicted octanol–water partition coefficient (Wildman–Crippen LogP) is 1.70. The Kier molecular flexibility index (Phi) is 7.29. The molecule has 1 aliphatic heterocycles. The number of nitrogens with zero attached hydrogens (tertiary/aromatic N) is 4. The van der Waals surface area contributed by atoms with E-state index >= 15 is 0 Å². The van der Waals surface area contributed by atoms with E-state index in [1.54, 1.807) is 38.7 Å². The van der Waals surface area contributed by atoms with Crippen molar-refractivity contribution in [2.24, 2.45) is 4.99 Å². The highest BCUT2D eigenvalue weighted by Gasteiger charge is 2.24. The second kappa shape index (κ2) is 10.1. The van der Waals surface area contributed by atoms with Crippen LogP contribution in [0.4, 0.5) is 0 Å². The third kappa shape index (κ3) is 5.38. The van der Waals surface area contributed by atoms with Crippen LogP contribution in [-0.4, -0.2) is 71.5 Å². The molecule has 0 saturated carbocycles. The molecule has 1 aromatic carbocycles. The molecule has 1 unspecified atom stereocenters. The van der Waals surface area contributed by atoms with Gasteiger partial charge in [0.1, 0.15) is 23.7 Å². The number of aromatic nitrogens is 3. The number of hydrogen-bond donors (Lipinski definition) is 3. The highest BCUT2D eigenvalue weighted by Crippen LogP contribution is 2.27. The van der Waals surface area contributed by atoms with E-state index in [0.29, 0.717) is 23.0 Å². The summed E-state index contributed by atoms with van der Waals surface area (Å²) in [7, 11) is 3.18. The van der Waals surface area contributed by atoms with Gasteiger partial charge in [-0.1, -0.05) is 0 Å². The maximum absolute atomic E-state index is 10.7. The van der Waals surface area contributed by atoms with E-state index in [0.717, 1.165) is 44.3 Å². The van der Waals surface area contributed by atoms with Crippen molar-refractivity contribution in [1.82, 2.24) is 25.4 Å². The van der Waals surface area contributed by atoms with Gasteiger partial charge >= 0.3 is 0 Å². The van der Waals surface area contributed by atoms with E-state index in [1.807, 2.05) is 6.92 Å². The molecule has 0 bridgehead atoms. The molecule has 9 heteroatoms. The number of aliphatic imine (C=N–C) groups is 1. The lowest BCUT2D eigenvalue weighted by Crippen LogP contribution is -2.45. The van der Waals surface area contributed by atoms with Crippen molar-refractivity contribution in [2.45, 2.75) is 31.8 Å². The number of H-pyrrole nitrogens is 1. The second-order valence-corrected chi connectivity index (χ2v) is 6.99. The predicted molar refractivity (Wildman–Crippen MR) is 110 cm³/mol. The summed E-state index contributed by atoms with van der Waals surface area (Å²) in [6, 6.07) is 5.39. The Labute approximate surface area is 171 Å². The molecule has 0 radical (unpaired) electrons. The van der Waals surface area contributed by atoms with Crippen LogP contribution in [0.15, 0.2) is 29.5 Å². The number of piperidine rings is 1. The minimum absolute atomic E-state index is 0.251. The average molecular weight is 402 g/mol. The Morgan fingerprint density at radius 1 is 1.28 bits per heavy atom. The van der Waals surface area contributed by atoms with Crippen LogP contribution in [0.3, 0.4) is 0 Å². The summed E-state index contributed by atoms with van der Waals surface area (Å²) in [6.07, 6.45) is 2.77. The van der Waals surface area contributed by atoms with Gasteiger partial charge in [-0.05, 0) is 37.5 Å². The second-order valence-electron chi connectivity index (χ2n) is 6.99. The van der Waals surface area contributed by atoms with Gasteiger partial charge in [-0.15, -0.1) is 0 Å². The largest absolute Gasteiger partial charge is 0.497 e. The highest BCUT2D eigenvalue weighted by molar-refractivity contribution is 5.80. The van der Waals surface area contributed by atoms with Gasteiger partial charge in [0.25, 0.3) is 0 Å². The summed E-state index contributed by atoms with van der Waals surface area (Å²) in [6.45, 7) is 4.81. The van der Waals surface area contributed by atoms with Gasteiger partial charge in [-0.3, -0.25) is 10.1 Å². The number of aliphatic hydroxyl groups is 1. The van der Waals surface area contributed by atoms with Crippen LogP contribution < -0.4 is 14.8 Å². The van der Waals surface area contributed by atoms with Gasteiger partial charge in [0.05, 0.1) is 26.9 Å². The minimum Gasteiger partial charge on any atom is -0.497 e. The Bertz CT molecular complexity index is 765. The summed E-state index contributed by atoms with van der Waals surface area (Å²) in [5.74, 6) is 3.45. The SMILES string of the molecule is CCNC(=NCC(O)c1cc(OC)cc(OC)c1)N1CCC(c2ncn[nH]2)CC1. The molecular weight excluding hydrogens is 372 g/mol. The van der Waals surface area contributed by atoms with Crippen LogP contribution in [0.5, 0.6) is 11.5 Å². The fourth-order valence-corrected chi connectivity index (χ4v) is 3.50. The number of hydrogen-bond acceptors (Lipinski definition) is 6. The fraction of sp³-hybridized carbons (Fsp3) is 0.550. The number of methoxy groups -OCH3 is 2. The number of guanidine groups is 1. The van der Waals surface area contributed by atoms with Gasteiger partial charge < -0.3 is 24.8 Å². The molecule has 9 nitrogen and oxygen atoms in total. The van der Waals surface area contributed by atoms with Crippen molar-refractivity contribution < 1.29 is 14.6 Å². The normalized spacial score (nSPS) is 16.6. The van der Waals surface area contributed by atoms with Gasteiger partial charge in [-0.25, -0.2) is 4.98 Å². The molecule has 0 aliphatic carbocycles. The minimum atomic E-state index is -0.751. The maximum Gasteiger partial charge on any atom is 0.194 e. The summed E-state index contributed by atoms with van der Waals surface area (Å²) in [5, 5.41) is 20.9. The first kappa shape index (κ1) is 20.9. The van der Waals surface area contributed by atoms with Gasteiger partial charge in [0.15, 0.2) is 5.96 Å². The number of nitrogens with one attached hydrogen (secondary N) is 2. The lowest BCUT2D eigenvalue weighted by atomic mass is 9.96. The zero-order valence-corrected chi connectivity index (χ0v) is 17.3. The van der Waals surface area contributed by atoms with Crippen molar-refractivity contribution in [3.8, 4) is 11.5 Å². The first-order valence-corrected chi connectivity index (χ1v) is 9.94. The quantitative estimate of drug-likeness (QED) is 0.478. The Morgan fingerprint density at radius 2 is 1.97 bits per heavy atom. The first-order valence-electron chi connectivity index (χ1n) is 9.94. The lowest BCUT2D eigenvalue weighted by molar-refractivity contribution is 0.185. The monoisotopic (exact) mass is 402 g/mol. The van der Waals surface area contributed by atoms with Crippen molar-refractivity contribution in [3.05, 3.63) is 35.9 Å². The number of aromatic amines is 1. The van der Waals surface area contributed by atoms with Crippen molar-refractivity contribution in [2.75, 3.05) is 40.4 Å². The van der Waals surface area contributed by atoms with Gasteiger partial charge in [-0.2, -0.15) is 5.10 Å². The molecule has 3 rings (SSSR count). The molecule has 1 aliphatic rings. The third-order valence-electron chi connectivity index (χ3n) is 5.12. The van der Waals surface area contributed by atoms with Crippen LogP contribution in [0.25, 0.3) is 0 Å². The topological polar surface area (TPSA) is 108 Å². The van der Waals surface area contributed by atoms with Crippen LogP contribution in [0, 0.1) is 0 Å². The van der Waals surface area contributed by atoms with Crippen molar-refractivity contribution in [1.29, 1.82) is 0 Å². The highest BCUT2D eigenvalue weighted by atomic mass is 16.5. The Morgan fingerprint density at radius 3 is 2.52 bits per heavy atom. The molecule has 29 heavy (non-hydrogen) atoms. The molecular formula is C20H30N6O3. The van der Waals surface area contributed by atoms with Crippen LogP contribution in [0.2, 0.25) is 0 Å². The number of benzene rings is 1. The van der Waals surface area contributed by atoms with E-state index in [-0.39, 0.29) is 6.54 Å². The number of likely N-dealkylation sites (tertiary alicyclic amines) is 1. The van der Waals surface area contributed by atoms with Crippen molar-refractivity contribution in [3.63, 3.8) is 0 Å². The lowest BCUT2D eigenvalue weighted by Gasteiger charge is -2.33. The molecule has 1 saturated heterocycles. The van der Waals surface area contributed by atoms with Gasteiger partial charge in [0.2, 0.25) is 0 Å². The van der Waals surface area contributed by atoms with Crippen LogP contribution >= 0.6 is 0 Å². The zero-order valence-electron chi connectivity index (χ0n) is 17.3. The molecule has 1 atom stereocenters. The number of rotatable bonds is 7. The maximum atomic E-state index is 10.7. The third-order valence-corrected chi connectivity index (χ3v) is 5.12. The van der Waals surface area contributed by atoms with Crippen LogP contribution in [-0.2, 0) is 0 Å². The molecule has 2 aromatic rings. The Balaban J connectivity index is 1.65. The Hall–Kier alpha value is -2.81. The van der Waals surface area contributed by atoms with Gasteiger partial charge in [0, 0.05) is 31.6 Å². The number of aliphatic hydroxyl groups excluding tert-OH is 1.